The summed E-state index contributed by atoms with van der Waals surface area (Å²) in [7, 11) is 0. The third kappa shape index (κ3) is 3.95. The fourth-order valence-electron chi connectivity index (χ4n) is 2.81. The summed E-state index contributed by atoms with van der Waals surface area (Å²) in [5.74, 6) is 2.01. The molecule has 136 valence electrons. The van der Waals surface area contributed by atoms with Crippen LogP contribution in [0.15, 0.2) is 4.52 Å². The molecular formula is C17H25FN6O. The molecule has 2 aromatic heterocycles. The minimum Gasteiger partial charge on any atom is -0.352 e. The highest BCUT2D eigenvalue weighted by Crippen LogP contribution is 2.26. The molecule has 0 saturated carbocycles. The Bertz CT molecular complexity index is 746. The van der Waals surface area contributed by atoms with E-state index < -0.39 is 0 Å². The number of halogens is 1. The van der Waals surface area contributed by atoms with Gasteiger partial charge in [0.2, 0.25) is 5.89 Å². The van der Waals surface area contributed by atoms with Crippen molar-refractivity contribution in [2.24, 2.45) is 0 Å². The van der Waals surface area contributed by atoms with Crippen LogP contribution in [0.3, 0.4) is 0 Å². The van der Waals surface area contributed by atoms with Crippen LogP contribution in [0.1, 0.15) is 44.0 Å². The zero-order valence-electron chi connectivity index (χ0n) is 15.5. The van der Waals surface area contributed by atoms with E-state index in [2.05, 4.69) is 25.0 Å². The second-order valence-electron chi connectivity index (χ2n) is 7.51. The first-order valence-electron chi connectivity index (χ1n) is 8.55. The Balaban J connectivity index is 1.71. The van der Waals surface area contributed by atoms with Gasteiger partial charge in [0.15, 0.2) is 17.5 Å². The molecule has 0 radical (unpaired) electrons. The van der Waals surface area contributed by atoms with Crippen LogP contribution in [0.4, 0.5) is 10.2 Å². The molecule has 1 saturated heterocycles. The molecule has 0 amide bonds. The highest BCUT2D eigenvalue weighted by atomic mass is 19.1. The van der Waals surface area contributed by atoms with Crippen molar-refractivity contribution in [3.8, 4) is 0 Å². The van der Waals surface area contributed by atoms with Crippen molar-refractivity contribution in [2.45, 2.75) is 46.6 Å². The molecule has 3 rings (SSSR count). The summed E-state index contributed by atoms with van der Waals surface area (Å²) in [5, 5.41) is 3.93. The molecule has 2 aromatic rings. The summed E-state index contributed by atoms with van der Waals surface area (Å²) in [6.07, 6.45) is 0. The maximum atomic E-state index is 14.6. The number of aryl methyl sites for hydroxylation is 2. The molecule has 1 fully saturated rings. The van der Waals surface area contributed by atoms with Gasteiger partial charge in [-0.1, -0.05) is 25.9 Å². The number of rotatable bonds is 3. The number of hydrogen-bond acceptors (Lipinski definition) is 7. The number of aromatic nitrogens is 4. The van der Waals surface area contributed by atoms with Gasteiger partial charge in [-0.2, -0.15) is 4.98 Å². The molecule has 0 spiro atoms. The predicted molar refractivity (Wildman–Crippen MR) is 92.0 cm³/mol. The van der Waals surface area contributed by atoms with E-state index in [0.29, 0.717) is 48.7 Å². The van der Waals surface area contributed by atoms with Crippen molar-refractivity contribution in [3.63, 3.8) is 0 Å². The van der Waals surface area contributed by atoms with Gasteiger partial charge < -0.3 is 9.42 Å². The van der Waals surface area contributed by atoms with Crippen LogP contribution in [0.25, 0.3) is 0 Å². The molecule has 0 N–H and O–H groups in total. The molecule has 25 heavy (non-hydrogen) atoms. The molecule has 0 aromatic carbocycles. The Kier molecular flexibility index (Phi) is 4.73. The van der Waals surface area contributed by atoms with Crippen LogP contribution in [0, 0.1) is 19.7 Å². The quantitative estimate of drug-likeness (QED) is 0.842. The lowest BCUT2D eigenvalue weighted by atomic mass is 9.95. The van der Waals surface area contributed by atoms with E-state index in [1.54, 1.807) is 13.8 Å². The zero-order valence-corrected chi connectivity index (χ0v) is 15.5. The number of nitrogens with zero attached hydrogens (tertiary/aromatic N) is 6. The summed E-state index contributed by atoms with van der Waals surface area (Å²) in [6.45, 7) is 13.2. The standard InChI is InChI=1S/C17H25FN6O/c1-11-14(18)15(21-16(19-11)17(3,4)5)24-8-6-23(7-9-24)10-13-20-12(2)25-22-13/h6-10H2,1-5H3. The first-order chi connectivity index (χ1) is 11.7. The minimum absolute atomic E-state index is 0.217. The summed E-state index contributed by atoms with van der Waals surface area (Å²) < 4.78 is 19.6. The average Bonchev–Trinajstić information content (AvgIpc) is 2.95. The molecule has 0 unspecified atom stereocenters. The Labute approximate surface area is 147 Å². The van der Waals surface area contributed by atoms with Gasteiger partial charge in [-0.05, 0) is 6.92 Å². The predicted octanol–water partition coefficient (Wildman–Crippen LogP) is 2.24. The fraction of sp³-hybridized carbons (Fsp3) is 0.647. The Morgan fingerprint density at radius 1 is 1.04 bits per heavy atom. The fourth-order valence-corrected chi connectivity index (χ4v) is 2.81. The molecule has 0 aliphatic carbocycles. The van der Waals surface area contributed by atoms with Gasteiger partial charge in [0.05, 0.1) is 12.2 Å². The summed E-state index contributed by atoms with van der Waals surface area (Å²) in [6, 6.07) is 0. The monoisotopic (exact) mass is 348 g/mol. The lowest BCUT2D eigenvalue weighted by Gasteiger charge is -2.35. The number of piperazine rings is 1. The van der Waals surface area contributed by atoms with E-state index in [-0.39, 0.29) is 11.2 Å². The van der Waals surface area contributed by atoms with Crippen LogP contribution < -0.4 is 4.90 Å². The van der Waals surface area contributed by atoms with Crippen molar-refractivity contribution in [3.05, 3.63) is 29.1 Å². The first-order valence-corrected chi connectivity index (χ1v) is 8.55. The highest BCUT2D eigenvalue weighted by molar-refractivity contribution is 5.43. The van der Waals surface area contributed by atoms with Gasteiger partial charge in [0.1, 0.15) is 5.82 Å². The maximum Gasteiger partial charge on any atom is 0.223 e. The van der Waals surface area contributed by atoms with Crippen molar-refractivity contribution < 1.29 is 8.91 Å². The lowest BCUT2D eigenvalue weighted by molar-refractivity contribution is 0.238. The van der Waals surface area contributed by atoms with E-state index in [0.717, 1.165) is 13.1 Å². The van der Waals surface area contributed by atoms with Gasteiger partial charge in [-0.15, -0.1) is 0 Å². The topological polar surface area (TPSA) is 71.2 Å². The Morgan fingerprint density at radius 2 is 1.72 bits per heavy atom. The second kappa shape index (κ2) is 6.67. The highest BCUT2D eigenvalue weighted by Gasteiger charge is 2.26. The zero-order chi connectivity index (χ0) is 18.2. The summed E-state index contributed by atoms with van der Waals surface area (Å²) >= 11 is 0. The SMILES string of the molecule is Cc1nc(CN2CCN(c3nc(C(C)(C)C)nc(C)c3F)CC2)no1. The molecule has 3 heterocycles. The van der Waals surface area contributed by atoms with E-state index in [4.69, 9.17) is 4.52 Å². The first kappa shape index (κ1) is 17.7. The van der Waals surface area contributed by atoms with Gasteiger partial charge >= 0.3 is 0 Å². The van der Waals surface area contributed by atoms with Gasteiger partial charge in [-0.3, -0.25) is 4.90 Å². The largest absolute Gasteiger partial charge is 0.352 e. The molecule has 8 heteroatoms. The van der Waals surface area contributed by atoms with Crippen LogP contribution in [0.5, 0.6) is 0 Å². The van der Waals surface area contributed by atoms with Gasteiger partial charge in [0, 0.05) is 38.5 Å². The second-order valence-corrected chi connectivity index (χ2v) is 7.51. The average molecular weight is 348 g/mol. The molecule has 1 aliphatic rings. The minimum atomic E-state index is -0.324. The summed E-state index contributed by atoms with van der Waals surface area (Å²) in [4.78, 5) is 17.3. The van der Waals surface area contributed by atoms with Crippen molar-refractivity contribution in [2.75, 3.05) is 31.1 Å². The number of anilines is 1. The van der Waals surface area contributed by atoms with Gasteiger partial charge in [0.25, 0.3) is 0 Å². The van der Waals surface area contributed by atoms with E-state index in [1.165, 1.54) is 0 Å². The van der Waals surface area contributed by atoms with Crippen LogP contribution >= 0.6 is 0 Å². The maximum absolute atomic E-state index is 14.6. The van der Waals surface area contributed by atoms with Crippen LogP contribution in [0.2, 0.25) is 0 Å². The third-order valence-corrected chi connectivity index (χ3v) is 4.28. The van der Waals surface area contributed by atoms with Crippen molar-refractivity contribution >= 4 is 5.82 Å². The molecular weight excluding hydrogens is 323 g/mol. The summed E-state index contributed by atoms with van der Waals surface area (Å²) in [5.41, 5.74) is 0.186. The van der Waals surface area contributed by atoms with E-state index >= 15 is 0 Å². The van der Waals surface area contributed by atoms with Crippen molar-refractivity contribution in [1.82, 2.24) is 25.0 Å². The molecule has 7 nitrogen and oxygen atoms in total. The Hall–Kier alpha value is -2.09. The molecule has 1 aliphatic heterocycles. The van der Waals surface area contributed by atoms with Crippen LogP contribution in [-0.4, -0.2) is 51.2 Å². The smallest absolute Gasteiger partial charge is 0.223 e. The molecule has 0 bridgehead atoms. The van der Waals surface area contributed by atoms with Crippen LogP contribution in [-0.2, 0) is 12.0 Å². The normalized spacial score (nSPS) is 16.5. The van der Waals surface area contributed by atoms with E-state index in [1.807, 2.05) is 25.7 Å². The third-order valence-electron chi connectivity index (χ3n) is 4.28. The van der Waals surface area contributed by atoms with Gasteiger partial charge in [-0.25, -0.2) is 14.4 Å². The number of hydrogen-bond donors (Lipinski definition) is 0. The molecule has 0 atom stereocenters. The van der Waals surface area contributed by atoms with E-state index in [9.17, 15) is 4.39 Å². The lowest BCUT2D eigenvalue weighted by Crippen LogP contribution is -2.47. The van der Waals surface area contributed by atoms with Crippen molar-refractivity contribution in [1.29, 1.82) is 0 Å². The Morgan fingerprint density at radius 3 is 2.28 bits per heavy atom.